The van der Waals surface area contributed by atoms with Crippen LogP contribution in [0.2, 0.25) is 0 Å². The van der Waals surface area contributed by atoms with Crippen LogP contribution in [0, 0.1) is 0 Å². The lowest BCUT2D eigenvalue weighted by molar-refractivity contribution is 0.0485. The zero-order valence-electron chi connectivity index (χ0n) is 8.52. The third-order valence-corrected chi connectivity index (χ3v) is 3.17. The average Bonchev–Trinajstić information content (AvgIpc) is 2.75. The number of hydrogen-bond donors (Lipinski definition) is 0. The molecule has 1 heterocycles. The largest absolute Gasteiger partial charge is 0.390 e. The molecule has 0 bridgehead atoms. The molecular weight excluding hydrogens is 266 g/mol. The van der Waals surface area contributed by atoms with Crippen molar-refractivity contribution >= 4 is 19.7 Å². The normalized spacial score (nSPS) is 11.4. The zero-order valence-corrected chi connectivity index (χ0v) is 10.1. The summed E-state index contributed by atoms with van der Waals surface area (Å²) in [5.41, 5.74) is 0.876. The van der Waals surface area contributed by atoms with Crippen LogP contribution in [0.15, 0.2) is 41.6 Å². The van der Waals surface area contributed by atoms with Crippen LogP contribution in [0.1, 0.15) is 5.56 Å². The first-order valence-electron chi connectivity index (χ1n) is 4.60. The van der Waals surface area contributed by atoms with E-state index in [-0.39, 0.29) is 11.6 Å². The van der Waals surface area contributed by atoms with Gasteiger partial charge in [-0.2, -0.15) is 0 Å². The third kappa shape index (κ3) is 2.95. The Morgan fingerprint density at radius 2 is 2.00 bits per heavy atom. The summed E-state index contributed by atoms with van der Waals surface area (Å²) in [6, 6.07) is 9.24. The van der Waals surface area contributed by atoms with Gasteiger partial charge in [-0.3, -0.25) is 0 Å². The first-order valence-corrected chi connectivity index (χ1v) is 6.91. The van der Waals surface area contributed by atoms with Crippen LogP contribution >= 0.6 is 10.7 Å². The Morgan fingerprint density at radius 3 is 2.65 bits per heavy atom. The van der Waals surface area contributed by atoms with Crippen LogP contribution in [-0.2, 0) is 15.7 Å². The van der Waals surface area contributed by atoms with Crippen LogP contribution in [0.3, 0.4) is 0 Å². The van der Waals surface area contributed by atoms with E-state index in [2.05, 4.69) is 10.3 Å². The molecule has 0 atom stereocenters. The zero-order chi connectivity index (χ0) is 12.3. The van der Waals surface area contributed by atoms with E-state index in [1.54, 1.807) is 0 Å². The van der Waals surface area contributed by atoms with Gasteiger partial charge >= 0.3 is 0 Å². The first-order chi connectivity index (χ1) is 8.07. The van der Waals surface area contributed by atoms with E-state index in [0.717, 1.165) is 16.6 Å². The van der Waals surface area contributed by atoms with E-state index in [1.165, 1.54) is 0 Å². The minimum atomic E-state index is -3.91. The molecular formula is C9H8ClN3O3S. The minimum absolute atomic E-state index is 0.170. The van der Waals surface area contributed by atoms with Gasteiger partial charge in [-0.15, -0.1) is 5.10 Å². The lowest BCUT2D eigenvalue weighted by Gasteiger charge is -2.05. The smallest absolute Gasteiger partial charge is 0.283 e. The molecule has 0 fully saturated rings. The molecule has 0 saturated carbocycles. The van der Waals surface area contributed by atoms with Gasteiger partial charge in [-0.1, -0.05) is 35.2 Å². The van der Waals surface area contributed by atoms with E-state index >= 15 is 0 Å². The van der Waals surface area contributed by atoms with Crippen molar-refractivity contribution in [2.24, 2.45) is 0 Å². The summed E-state index contributed by atoms with van der Waals surface area (Å²) in [5.74, 6) is 0. The third-order valence-electron chi connectivity index (χ3n) is 1.94. The Bertz CT molecular complexity index is 597. The average molecular weight is 274 g/mol. The Labute approximate surface area is 102 Å². The Hall–Kier alpha value is -1.60. The van der Waals surface area contributed by atoms with Gasteiger partial charge in [0.15, 0.2) is 0 Å². The first kappa shape index (κ1) is 11.9. The van der Waals surface area contributed by atoms with Crippen molar-refractivity contribution in [1.29, 1.82) is 0 Å². The highest BCUT2D eigenvalue weighted by atomic mass is 35.7. The fourth-order valence-corrected chi connectivity index (χ4v) is 1.92. The van der Waals surface area contributed by atoms with Crippen LogP contribution in [0.4, 0.5) is 0 Å². The van der Waals surface area contributed by atoms with E-state index in [4.69, 9.17) is 15.5 Å². The lowest BCUT2D eigenvalue weighted by atomic mass is 10.2. The van der Waals surface area contributed by atoms with E-state index in [9.17, 15) is 8.42 Å². The second-order valence-electron chi connectivity index (χ2n) is 3.14. The topological polar surface area (TPSA) is 74.1 Å². The predicted molar refractivity (Wildman–Crippen MR) is 59.8 cm³/mol. The summed E-state index contributed by atoms with van der Waals surface area (Å²) in [4.78, 5) is 5.96. The molecule has 17 heavy (non-hydrogen) atoms. The Morgan fingerprint density at radius 1 is 1.29 bits per heavy atom. The lowest BCUT2D eigenvalue weighted by Crippen LogP contribution is -2.16. The Balaban J connectivity index is 2.13. The monoisotopic (exact) mass is 273 g/mol. The molecule has 2 rings (SSSR count). The van der Waals surface area contributed by atoms with Crippen molar-refractivity contribution < 1.29 is 13.3 Å². The standard InChI is InChI=1S/C9H8ClN3O3S/c10-17(14,15)9-6-11-12-13(9)16-7-8-4-2-1-3-5-8/h1-6H,7H2. The molecule has 90 valence electrons. The SMILES string of the molecule is O=S(=O)(Cl)c1cnnn1OCc1ccccc1. The molecule has 0 radical (unpaired) electrons. The molecule has 2 aromatic rings. The summed E-state index contributed by atoms with van der Waals surface area (Å²) in [6.07, 6.45) is 1.02. The fourth-order valence-electron chi connectivity index (χ4n) is 1.17. The van der Waals surface area contributed by atoms with Crippen molar-refractivity contribution in [3.8, 4) is 0 Å². The maximum absolute atomic E-state index is 11.1. The van der Waals surface area contributed by atoms with Crippen LogP contribution in [0.5, 0.6) is 0 Å². The maximum Gasteiger partial charge on any atom is 0.283 e. The van der Waals surface area contributed by atoms with E-state index < -0.39 is 9.05 Å². The molecule has 6 nitrogen and oxygen atoms in total. The second kappa shape index (κ2) is 4.72. The summed E-state index contributed by atoms with van der Waals surface area (Å²) in [6.45, 7) is 0.170. The molecule has 1 aromatic carbocycles. The highest BCUT2D eigenvalue weighted by Gasteiger charge is 2.18. The summed E-state index contributed by atoms with van der Waals surface area (Å²) < 4.78 is 22.2. The van der Waals surface area contributed by atoms with Gasteiger partial charge in [0.25, 0.3) is 9.05 Å². The van der Waals surface area contributed by atoms with Crippen LogP contribution in [0.25, 0.3) is 0 Å². The summed E-state index contributed by atoms with van der Waals surface area (Å²) >= 11 is 0. The van der Waals surface area contributed by atoms with Crippen molar-refractivity contribution in [2.75, 3.05) is 0 Å². The van der Waals surface area contributed by atoms with Crippen LogP contribution in [-0.4, -0.2) is 23.6 Å². The molecule has 0 N–H and O–H groups in total. The van der Waals surface area contributed by atoms with Crippen molar-refractivity contribution in [3.05, 3.63) is 42.1 Å². The van der Waals surface area contributed by atoms with Crippen LogP contribution < -0.4 is 4.84 Å². The molecule has 0 spiro atoms. The highest BCUT2D eigenvalue weighted by Crippen LogP contribution is 2.11. The summed E-state index contributed by atoms with van der Waals surface area (Å²) in [7, 11) is 1.27. The number of nitrogens with zero attached hydrogens (tertiary/aromatic N) is 3. The maximum atomic E-state index is 11.1. The molecule has 8 heteroatoms. The minimum Gasteiger partial charge on any atom is -0.390 e. The van der Waals surface area contributed by atoms with Crippen molar-refractivity contribution in [1.82, 2.24) is 15.2 Å². The quantitative estimate of drug-likeness (QED) is 0.772. The molecule has 0 aliphatic heterocycles. The fraction of sp³-hybridized carbons (Fsp3) is 0.111. The molecule has 0 aliphatic carbocycles. The number of halogens is 1. The second-order valence-corrected chi connectivity index (χ2v) is 5.65. The highest BCUT2D eigenvalue weighted by molar-refractivity contribution is 8.13. The predicted octanol–water partition coefficient (Wildman–Crippen LogP) is 0.834. The van der Waals surface area contributed by atoms with Gasteiger partial charge in [-0.05, 0) is 10.8 Å². The number of hydrogen-bond acceptors (Lipinski definition) is 5. The van der Waals surface area contributed by atoms with Gasteiger partial charge in [0.05, 0.1) is 6.20 Å². The Kier molecular flexibility index (Phi) is 3.30. The molecule has 0 unspecified atom stereocenters. The number of aromatic nitrogens is 3. The summed E-state index contributed by atoms with van der Waals surface area (Å²) in [5, 5.41) is 6.61. The molecule has 0 amide bonds. The van der Waals surface area contributed by atoms with Gasteiger partial charge in [0, 0.05) is 10.7 Å². The van der Waals surface area contributed by atoms with Gasteiger partial charge in [0.2, 0.25) is 5.03 Å². The van der Waals surface area contributed by atoms with Crippen molar-refractivity contribution in [3.63, 3.8) is 0 Å². The molecule has 0 aliphatic rings. The van der Waals surface area contributed by atoms with E-state index in [1.807, 2.05) is 30.3 Å². The molecule has 0 saturated heterocycles. The number of rotatable bonds is 4. The van der Waals surface area contributed by atoms with Gasteiger partial charge in [0.1, 0.15) is 6.61 Å². The number of benzene rings is 1. The van der Waals surface area contributed by atoms with Crippen molar-refractivity contribution in [2.45, 2.75) is 11.6 Å². The van der Waals surface area contributed by atoms with E-state index in [0.29, 0.717) is 0 Å². The molecule has 1 aromatic heterocycles. The van der Waals surface area contributed by atoms with Gasteiger partial charge < -0.3 is 4.84 Å². The van der Waals surface area contributed by atoms with Gasteiger partial charge in [-0.25, -0.2) is 8.42 Å².